The van der Waals surface area contributed by atoms with Crippen molar-refractivity contribution in [1.29, 1.82) is 0 Å². The number of likely N-dealkylation sites (tertiary alicyclic amines) is 1. The fraction of sp³-hybridized carbons (Fsp3) is 0.550. The smallest absolute Gasteiger partial charge is 0.410 e. The molecule has 2 unspecified atom stereocenters. The molecular formula is C20H23N3O5. The van der Waals surface area contributed by atoms with Crippen LogP contribution < -0.4 is 5.32 Å². The van der Waals surface area contributed by atoms with Crippen molar-refractivity contribution in [3.63, 3.8) is 0 Å². The van der Waals surface area contributed by atoms with Gasteiger partial charge in [-0.1, -0.05) is 0 Å². The fourth-order valence-corrected chi connectivity index (χ4v) is 4.39. The Morgan fingerprint density at radius 3 is 2.82 bits per heavy atom. The molecule has 4 heterocycles. The lowest BCUT2D eigenvalue weighted by Crippen LogP contribution is -2.52. The SMILES string of the molecule is CC1(OC(=O)N2CC3C(CCNC(=O)c4cc5ccncc5o4)C3C2)COC1. The van der Waals surface area contributed by atoms with Gasteiger partial charge in [-0.25, -0.2) is 4.79 Å². The van der Waals surface area contributed by atoms with E-state index in [4.69, 9.17) is 13.9 Å². The minimum atomic E-state index is -0.458. The first kappa shape index (κ1) is 17.5. The maximum atomic E-state index is 12.3. The van der Waals surface area contributed by atoms with E-state index in [9.17, 15) is 9.59 Å². The number of fused-ring (bicyclic) bond motifs is 2. The van der Waals surface area contributed by atoms with Crippen LogP contribution in [-0.2, 0) is 9.47 Å². The number of rotatable bonds is 5. The number of aromatic nitrogens is 1. The Hall–Kier alpha value is -2.61. The summed E-state index contributed by atoms with van der Waals surface area (Å²) in [7, 11) is 0. The highest BCUT2D eigenvalue weighted by Gasteiger charge is 2.56. The second-order valence-corrected chi connectivity index (χ2v) is 8.28. The summed E-state index contributed by atoms with van der Waals surface area (Å²) in [6.45, 7) is 4.94. The van der Waals surface area contributed by atoms with Gasteiger partial charge in [0.2, 0.25) is 0 Å². The van der Waals surface area contributed by atoms with Crippen LogP contribution >= 0.6 is 0 Å². The minimum absolute atomic E-state index is 0.205. The van der Waals surface area contributed by atoms with Crippen LogP contribution in [0, 0.1) is 17.8 Å². The summed E-state index contributed by atoms with van der Waals surface area (Å²) in [4.78, 5) is 30.3. The second kappa shape index (κ2) is 6.48. The Kier molecular flexibility index (Phi) is 4.04. The molecule has 3 aliphatic rings. The topological polar surface area (TPSA) is 93.9 Å². The van der Waals surface area contributed by atoms with E-state index < -0.39 is 5.60 Å². The van der Waals surface area contributed by atoms with Gasteiger partial charge in [0.1, 0.15) is 0 Å². The molecule has 2 aliphatic heterocycles. The first-order valence-electron chi connectivity index (χ1n) is 9.70. The van der Waals surface area contributed by atoms with Crippen LogP contribution in [-0.4, -0.2) is 60.3 Å². The van der Waals surface area contributed by atoms with Crippen molar-refractivity contribution < 1.29 is 23.5 Å². The predicted octanol–water partition coefficient (Wildman–Crippen LogP) is 2.05. The number of ether oxygens (including phenoxy) is 2. The Bertz CT molecular complexity index is 876. The quantitative estimate of drug-likeness (QED) is 0.847. The summed E-state index contributed by atoms with van der Waals surface area (Å²) in [5.74, 6) is 1.70. The highest BCUT2D eigenvalue weighted by atomic mass is 16.6. The monoisotopic (exact) mass is 385 g/mol. The van der Waals surface area contributed by atoms with E-state index in [2.05, 4.69) is 10.3 Å². The van der Waals surface area contributed by atoms with Gasteiger partial charge >= 0.3 is 6.09 Å². The van der Waals surface area contributed by atoms with Gasteiger partial charge in [-0.2, -0.15) is 0 Å². The molecule has 2 amide bonds. The Morgan fingerprint density at radius 1 is 1.36 bits per heavy atom. The molecule has 1 saturated carbocycles. The molecule has 0 aromatic carbocycles. The normalized spacial score (nSPS) is 27.2. The van der Waals surface area contributed by atoms with E-state index in [0.29, 0.717) is 48.9 Å². The summed E-state index contributed by atoms with van der Waals surface area (Å²) in [6, 6.07) is 3.55. The third-order valence-electron chi connectivity index (χ3n) is 6.09. The van der Waals surface area contributed by atoms with E-state index in [1.807, 2.05) is 13.0 Å². The number of carbonyl (C=O) groups is 2. The Morgan fingerprint density at radius 2 is 2.14 bits per heavy atom. The number of carbonyl (C=O) groups excluding carboxylic acids is 2. The molecule has 2 aromatic rings. The number of nitrogens with zero attached hydrogens (tertiary/aromatic N) is 2. The van der Waals surface area contributed by atoms with Gasteiger partial charge in [0, 0.05) is 31.2 Å². The molecule has 5 rings (SSSR count). The molecule has 1 aliphatic carbocycles. The lowest BCUT2D eigenvalue weighted by atomic mass is 10.1. The molecule has 2 atom stereocenters. The van der Waals surface area contributed by atoms with E-state index in [-0.39, 0.29) is 12.0 Å². The van der Waals surface area contributed by atoms with Gasteiger partial charge in [-0.15, -0.1) is 0 Å². The standard InChI is InChI=1S/C20H23N3O5/c1-20(10-26-11-20)28-19(25)23-8-14-13(15(14)9-23)3-5-22-18(24)16-6-12-2-4-21-7-17(12)27-16/h2,4,6-7,13-15H,3,5,8-11H2,1H3,(H,22,24). The molecule has 0 bridgehead atoms. The van der Waals surface area contributed by atoms with Gasteiger partial charge in [0.25, 0.3) is 5.91 Å². The van der Waals surface area contributed by atoms with Crippen LogP contribution in [0.25, 0.3) is 11.0 Å². The molecule has 3 fully saturated rings. The van der Waals surface area contributed by atoms with Crippen molar-refractivity contribution in [1.82, 2.24) is 15.2 Å². The number of amides is 2. The predicted molar refractivity (Wildman–Crippen MR) is 98.7 cm³/mol. The van der Waals surface area contributed by atoms with E-state index in [0.717, 1.165) is 24.9 Å². The summed E-state index contributed by atoms with van der Waals surface area (Å²) in [5.41, 5.74) is 0.152. The zero-order valence-corrected chi connectivity index (χ0v) is 15.7. The van der Waals surface area contributed by atoms with Crippen molar-refractivity contribution in [2.75, 3.05) is 32.8 Å². The molecule has 0 radical (unpaired) electrons. The molecule has 8 nitrogen and oxygen atoms in total. The average molecular weight is 385 g/mol. The zero-order valence-electron chi connectivity index (χ0n) is 15.7. The minimum Gasteiger partial charge on any atom is -0.449 e. The average Bonchev–Trinajstić information content (AvgIpc) is 3.05. The molecule has 0 spiro atoms. The Labute approximate surface area is 162 Å². The number of piperidine rings is 1. The highest BCUT2D eigenvalue weighted by molar-refractivity contribution is 5.95. The molecule has 1 N–H and O–H groups in total. The van der Waals surface area contributed by atoms with Crippen LogP contribution in [0.15, 0.2) is 28.9 Å². The van der Waals surface area contributed by atoms with Gasteiger partial charge < -0.3 is 24.1 Å². The van der Waals surface area contributed by atoms with Crippen molar-refractivity contribution in [2.24, 2.45) is 17.8 Å². The first-order chi connectivity index (χ1) is 13.5. The van der Waals surface area contributed by atoms with Crippen LogP contribution in [0.4, 0.5) is 4.79 Å². The van der Waals surface area contributed by atoms with E-state index in [1.54, 1.807) is 23.4 Å². The summed E-state index contributed by atoms with van der Waals surface area (Å²) in [5, 5.41) is 3.80. The Balaban J connectivity index is 1.06. The second-order valence-electron chi connectivity index (χ2n) is 8.28. The maximum Gasteiger partial charge on any atom is 0.410 e. The molecule has 148 valence electrons. The third-order valence-corrected chi connectivity index (χ3v) is 6.09. The van der Waals surface area contributed by atoms with E-state index >= 15 is 0 Å². The summed E-state index contributed by atoms with van der Waals surface area (Å²) in [6.07, 6.45) is 3.96. The molecular weight excluding hydrogens is 362 g/mol. The first-order valence-corrected chi connectivity index (χ1v) is 9.70. The molecule has 2 aromatic heterocycles. The highest BCUT2D eigenvalue weighted by Crippen LogP contribution is 2.53. The summed E-state index contributed by atoms with van der Waals surface area (Å²) < 4.78 is 16.2. The number of nitrogens with one attached hydrogen (secondary N) is 1. The number of furan rings is 1. The zero-order chi connectivity index (χ0) is 19.3. The number of pyridine rings is 1. The molecule has 28 heavy (non-hydrogen) atoms. The lowest BCUT2D eigenvalue weighted by Gasteiger charge is -2.38. The molecule has 2 saturated heterocycles. The van der Waals surface area contributed by atoms with Crippen molar-refractivity contribution >= 4 is 23.0 Å². The maximum absolute atomic E-state index is 12.3. The van der Waals surface area contributed by atoms with Crippen molar-refractivity contribution in [3.05, 3.63) is 30.3 Å². The van der Waals surface area contributed by atoms with Crippen molar-refractivity contribution in [2.45, 2.75) is 18.9 Å². The van der Waals surface area contributed by atoms with Crippen LogP contribution in [0.5, 0.6) is 0 Å². The van der Waals surface area contributed by atoms with Crippen molar-refractivity contribution in [3.8, 4) is 0 Å². The van der Waals surface area contributed by atoms with Crippen LogP contribution in [0.1, 0.15) is 23.9 Å². The van der Waals surface area contributed by atoms with Gasteiger partial charge in [-0.05, 0) is 43.2 Å². The summed E-state index contributed by atoms with van der Waals surface area (Å²) >= 11 is 0. The fourth-order valence-electron chi connectivity index (χ4n) is 4.39. The largest absolute Gasteiger partial charge is 0.449 e. The number of hydrogen-bond donors (Lipinski definition) is 1. The van der Waals surface area contributed by atoms with Gasteiger partial charge in [0.05, 0.1) is 19.4 Å². The van der Waals surface area contributed by atoms with Crippen LogP contribution in [0.3, 0.4) is 0 Å². The number of hydrogen-bond acceptors (Lipinski definition) is 6. The lowest BCUT2D eigenvalue weighted by molar-refractivity contribution is -0.171. The van der Waals surface area contributed by atoms with E-state index in [1.165, 1.54) is 0 Å². The van der Waals surface area contributed by atoms with Gasteiger partial charge in [-0.3, -0.25) is 9.78 Å². The van der Waals surface area contributed by atoms with Gasteiger partial charge in [0.15, 0.2) is 16.9 Å². The van der Waals surface area contributed by atoms with Crippen LogP contribution in [0.2, 0.25) is 0 Å². The molecule has 8 heteroatoms. The third kappa shape index (κ3) is 3.11.